The summed E-state index contributed by atoms with van der Waals surface area (Å²) in [5.41, 5.74) is -0.478. The minimum Gasteiger partial charge on any atom is -0.342 e. The van der Waals surface area contributed by atoms with E-state index >= 15 is 0 Å². The molecule has 0 aliphatic carbocycles. The van der Waals surface area contributed by atoms with Gasteiger partial charge in [0.2, 0.25) is 0 Å². The molecule has 2 heterocycles. The Kier molecular flexibility index (Phi) is 1.84. The first-order valence-electron chi connectivity index (χ1n) is 3.80. The van der Waals surface area contributed by atoms with Crippen LogP contribution in [0.15, 0.2) is 23.4 Å². The Balaban J connectivity index is 2.55. The van der Waals surface area contributed by atoms with Gasteiger partial charge in [0.1, 0.15) is 11.6 Å². The third-order valence-electron chi connectivity index (χ3n) is 1.64. The van der Waals surface area contributed by atoms with Crippen molar-refractivity contribution in [3.8, 4) is 17.7 Å². The molecule has 0 atom stereocenters. The van der Waals surface area contributed by atoms with E-state index in [0.29, 0.717) is 11.6 Å². The maximum atomic E-state index is 11.2. The number of aromatic amines is 2. The quantitative estimate of drug-likeness (QED) is 0.658. The molecule has 2 rings (SSSR count). The van der Waals surface area contributed by atoms with Gasteiger partial charge in [-0.25, -0.2) is 9.97 Å². The molecule has 0 bridgehead atoms. The standard InChI is InChI=1S/C8H5N5O/c9-3-5-4-12-7(13-8(5)14)6-10-1-2-11-6/h1-2,4H,(H,10,11)(H,12,13,14). The molecule has 2 aromatic rings. The van der Waals surface area contributed by atoms with Crippen LogP contribution < -0.4 is 5.56 Å². The Morgan fingerprint density at radius 2 is 2.21 bits per heavy atom. The van der Waals surface area contributed by atoms with Crippen LogP contribution in [-0.4, -0.2) is 19.9 Å². The highest BCUT2D eigenvalue weighted by Crippen LogP contribution is 2.04. The zero-order chi connectivity index (χ0) is 9.97. The van der Waals surface area contributed by atoms with Crippen molar-refractivity contribution in [1.82, 2.24) is 19.9 Å². The van der Waals surface area contributed by atoms with Crippen molar-refractivity contribution < 1.29 is 0 Å². The zero-order valence-electron chi connectivity index (χ0n) is 6.98. The number of nitrogens with one attached hydrogen (secondary N) is 2. The summed E-state index contributed by atoms with van der Waals surface area (Å²) >= 11 is 0. The third-order valence-corrected chi connectivity index (χ3v) is 1.64. The molecule has 0 fully saturated rings. The van der Waals surface area contributed by atoms with Gasteiger partial charge in [-0.15, -0.1) is 0 Å². The van der Waals surface area contributed by atoms with E-state index in [-0.39, 0.29) is 5.56 Å². The fourth-order valence-corrected chi connectivity index (χ4v) is 0.990. The fourth-order valence-electron chi connectivity index (χ4n) is 0.990. The van der Waals surface area contributed by atoms with E-state index in [1.165, 1.54) is 6.20 Å². The number of rotatable bonds is 1. The van der Waals surface area contributed by atoms with Crippen LogP contribution in [0.1, 0.15) is 5.56 Å². The third kappa shape index (κ3) is 1.27. The van der Waals surface area contributed by atoms with E-state index in [0.717, 1.165) is 0 Å². The first-order valence-corrected chi connectivity index (χ1v) is 3.80. The van der Waals surface area contributed by atoms with Crippen LogP contribution in [0, 0.1) is 11.3 Å². The first-order chi connectivity index (χ1) is 6.81. The Labute approximate surface area is 78.3 Å². The van der Waals surface area contributed by atoms with Crippen molar-refractivity contribution in [3.05, 3.63) is 34.5 Å². The van der Waals surface area contributed by atoms with Crippen LogP contribution in [0.25, 0.3) is 11.6 Å². The average Bonchev–Trinajstić information content (AvgIpc) is 2.70. The Morgan fingerprint density at radius 1 is 1.36 bits per heavy atom. The normalized spacial score (nSPS) is 9.64. The monoisotopic (exact) mass is 187 g/mol. The van der Waals surface area contributed by atoms with E-state index < -0.39 is 5.56 Å². The van der Waals surface area contributed by atoms with Gasteiger partial charge in [0.05, 0.1) is 6.20 Å². The predicted molar refractivity (Wildman–Crippen MR) is 47.2 cm³/mol. The molecule has 0 aliphatic rings. The second-order valence-corrected chi connectivity index (χ2v) is 2.52. The minimum absolute atomic E-state index is 0.0136. The van der Waals surface area contributed by atoms with Crippen LogP contribution in [0.2, 0.25) is 0 Å². The number of aromatic nitrogens is 4. The summed E-state index contributed by atoms with van der Waals surface area (Å²) in [7, 11) is 0. The first kappa shape index (κ1) is 8.19. The van der Waals surface area contributed by atoms with E-state index in [1.807, 2.05) is 0 Å². The average molecular weight is 187 g/mol. The number of imidazole rings is 1. The van der Waals surface area contributed by atoms with Crippen molar-refractivity contribution >= 4 is 0 Å². The molecule has 68 valence electrons. The molecule has 2 N–H and O–H groups in total. The topological polar surface area (TPSA) is 98.2 Å². The minimum atomic E-state index is -0.464. The molecule has 0 aromatic carbocycles. The fraction of sp³-hybridized carbons (Fsp3) is 0. The van der Waals surface area contributed by atoms with E-state index in [9.17, 15) is 4.79 Å². The van der Waals surface area contributed by atoms with Crippen LogP contribution in [0.4, 0.5) is 0 Å². The summed E-state index contributed by atoms with van der Waals surface area (Å²) in [6.07, 6.45) is 4.39. The summed E-state index contributed by atoms with van der Waals surface area (Å²) in [5, 5.41) is 8.51. The van der Waals surface area contributed by atoms with Gasteiger partial charge in [0.15, 0.2) is 11.6 Å². The molecule has 0 radical (unpaired) electrons. The highest BCUT2D eigenvalue weighted by atomic mass is 16.1. The number of nitriles is 1. The molecule has 0 saturated carbocycles. The summed E-state index contributed by atoms with van der Waals surface area (Å²) < 4.78 is 0. The van der Waals surface area contributed by atoms with Gasteiger partial charge in [0.25, 0.3) is 5.56 Å². The largest absolute Gasteiger partial charge is 0.342 e. The molecule has 6 nitrogen and oxygen atoms in total. The summed E-state index contributed by atoms with van der Waals surface area (Å²) in [4.78, 5) is 24.2. The van der Waals surface area contributed by atoms with Crippen molar-refractivity contribution in [2.45, 2.75) is 0 Å². The molecular formula is C8H5N5O. The summed E-state index contributed by atoms with van der Waals surface area (Å²) in [6.45, 7) is 0. The van der Waals surface area contributed by atoms with Gasteiger partial charge in [-0.1, -0.05) is 0 Å². The van der Waals surface area contributed by atoms with Crippen molar-refractivity contribution in [2.24, 2.45) is 0 Å². The number of hydrogen-bond acceptors (Lipinski definition) is 4. The smallest absolute Gasteiger partial charge is 0.269 e. The lowest BCUT2D eigenvalue weighted by atomic mass is 10.4. The molecule has 2 aromatic heterocycles. The van der Waals surface area contributed by atoms with Gasteiger partial charge in [-0.3, -0.25) is 4.79 Å². The SMILES string of the molecule is N#Cc1cnc(-c2ncc[nH]2)[nH]c1=O. The lowest BCUT2D eigenvalue weighted by molar-refractivity contribution is 1.07. The van der Waals surface area contributed by atoms with Crippen LogP contribution in [-0.2, 0) is 0 Å². The summed E-state index contributed by atoms with van der Waals surface area (Å²) in [5.74, 6) is 0.783. The van der Waals surface area contributed by atoms with Crippen LogP contribution in [0.3, 0.4) is 0 Å². The van der Waals surface area contributed by atoms with E-state index in [2.05, 4.69) is 19.9 Å². The number of H-pyrrole nitrogens is 2. The van der Waals surface area contributed by atoms with Crippen molar-refractivity contribution in [1.29, 1.82) is 5.26 Å². The highest BCUT2D eigenvalue weighted by molar-refractivity contribution is 5.42. The number of hydrogen-bond donors (Lipinski definition) is 2. The molecule has 0 amide bonds. The van der Waals surface area contributed by atoms with Gasteiger partial charge in [-0.2, -0.15) is 5.26 Å². The molecule has 0 spiro atoms. The Hall–Kier alpha value is -2.42. The van der Waals surface area contributed by atoms with Gasteiger partial charge >= 0.3 is 0 Å². The maximum Gasteiger partial charge on any atom is 0.269 e. The highest BCUT2D eigenvalue weighted by Gasteiger charge is 2.04. The van der Waals surface area contributed by atoms with E-state index in [4.69, 9.17) is 5.26 Å². The van der Waals surface area contributed by atoms with Gasteiger partial charge in [-0.05, 0) is 0 Å². The molecule has 0 saturated heterocycles. The predicted octanol–water partition coefficient (Wildman–Crippen LogP) is 0.0317. The van der Waals surface area contributed by atoms with Crippen LogP contribution >= 0.6 is 0 Å². The second kappa shape index (κ2) is 3.14. The molecule has 0 unspecified atom stereocenters. The Bertz CT molecular complexity index is 534. The lowest BCUT2D eigenvalue weighted by Gasteiger charge is -1.94. The molecule has 0 aliphatic heterocycles. The zero-order valence-corrected chi connectivity index (χ0v) is 6.98. The van der Waals surface area contributed by atoms with Crippen molar-refractivity contribution in [2.75, 3.05) is 0 Å². The van der Waals surface area contributed by atoms with E-state index in [1.54, 1.807) is 18.5 Å². The Morgan fingerprint density at radius 3 is 2.79 bits per heavy atom. The van der Waals surface area contributed by atoms with Crippen LogP contribution in [0.5, 0.6) is 0 Å². The lowest BCUT2D eigenvalue weighted by Crippen LogP contribution is -2.12. The maximum absolute atomic E-state index is 11.2. The van der Waals surface area contributed by atoms with Gasteiger partial charge in [0, 0.05) is 12.4 Å². The van der Waals surface area contributed by atoms with Gasteiger partial charge < -0.3 is 9.97 Å². The van der Waals surface area contributed by atoms with Crippen molar-refractivity contribution in [3.63, 3.8) is 0 Å². The molecular weight excluding hydrogens is 182 g/mol. The molecule has 14 heavy (non-hydrogen) atoms. The molecule has 6 heteroatoms. The second-order valence-electron chi connectivity index (χ2n) is 2.52. The summed E-state index contributed by atoms with van der Waals surface area (Å²) in [6, 6.07) is 1.73. The number of nitrogens with zero attached hydrogens (tertiary/aromatic N) is 3.